The number of nitro benzene ring substituents is 1. The molecule has 156 valence electrons. The number of rotatable bonds is 3. The highest BCUT2D eigenvalue weighted by atomic mass is 16.6. The Hall–Kier alpha value is -3.60. The Morgan fingerprint density at radius 2 is 2.00 bits per heavy atom. The average Bonchev–Trinajstić information content (AvgIpc) is 3.34. The topological polar surface area (TPSA) is 134 Å². The second-order valence-corrected chi connectivity index (χ2v) is 6.60. The number of non-ortho nitro benzene ring substituents is 1. The normalized spacial score (nSPS) is 14.6. The monoisotopic (exact) mass is 411 g/mol. The molecule has 0 spiro atoms. The van der Waals surface area contributed by atoms with Gasteiger partial charge in [-0.15, -0.1) is 0 Å². The Kier molecular flexibility index (Phi) is 5.27. The number of ether oxygens (including phenoxy) is 1. The van der Waals surface area contributed by atoms with E-state index in [1.807, 2.05) is 13.8 Å². The van der Waals surface area contributed by atoms with Crippen molar-refractivity contribution in [2.24, 2.45) is 0 Å². The van der Waals surface area contributed by atoms with E-state index in [0.29, 0.717) is 35.4 Å². The van der Waals surface area contributed by atoms with Crippen molar-refractivity contribution in [1.82, 2.24) is 29.1 Å². The Balaban J connectivity index is 0.00000106. The molecule has 11 nitrogen and oxygen atoms in total. The van der Waals surface area contributed by atoms with E-state index in [-0.39, 0.29) is 23.4 Å². The van der Waals surface area contributed by atoms with Gasteiger partial charge in [-0.25, -0.2) is 14.8 Å². The van der Waals surface area contributed by atoms with Crippen LogP contribution >= 0.6 is 0 Å². The summed E-state index contributed by atoms with van der Waals surface area (Å²) in [4.78, 5) is 39.0. The fourth-order valence-electron chi connectivity index (χ4n) is 3.57. The molecule has 0 radical (unpaired) electrons. The van der Waals surface area contributed by atoms with Crippen molar-refractivity contribution in [3.8, 4) is 5.95 Å². The summed E-state index contributed by atoms with van der Waals surface area (Å²) in [6, 6.07) is 4.41. The molecule has 1 fully saturated rings. The number of H-pyrrole nitrogens is 1. The smallest absolute Gasteiger partial charge is 0.327 e. The fraction of sp³-hybridized carbons (Fsp3) is 0.368. The quantitative estimate of drug-likeness (QED) is 0.405. The van der Waals surface area contributed by atoms with Gasteiger partial charge in [-0.05, 0) is 18.9 Å². The lowest BCUT2D eigenvalue weighted by Crippen LogP contribution is -2.27. The minimum absolute atomic E-state index is 0.00151. The number of aromatic amines is 1. The van der Waals surface area contributed by atoms with E-state index in [9.17, 15) is 14.9 Å². The number of hydrogen-bond acceptors (Lipinski definition) is 7. The highest BCUT2D eigenvalue weighted by Gasteiger charge is 2.22. The number of imidazole rings is 2. The molecule has 0 amide bonds. The average molecular weight is 411 g/mol. The zero-order valence-corrected chi connectivity index (χ0v) is 16.6. The van der Waals surface area contributed by atoms with Gasteiger partial charge >= 0.3 is 5.69 Å². The summed E-state index contributed by atoms with van der Waals surface area (Å²) in [7, 11) is 0. The number of fused-ring (bicyclic) bond motifs is 2. The predicted molar refractivity (Wildman–Crippen MR) is 110 cm³/mol. The van der Waals surface area contributed by atoms with Crippen LogP contribution in [0.1, 0.15) is 32.7 Å². The minimum atomic E-state index is -0.463. The van der Waals surface area contributed by atoms with Crippen LogP contribution in [0.2, 0.25) is 0 Å². The first-order valence-electron chi connectivity index (χ1n) is 9.79. The van der Waals surface area contributed by atoms with Gasteiger partial charge in [0.25, 0.3) is 5.69 Å². The van der Waals surface area contributed by atoms with Crippen molar-refractivity contribution in [3.63, 3.8) is 0 Å². The van der Waals surface area contributed by atoms with E-state index in [4.69, 9.17) is 4.74 Å². The number of hydrogen-bond donors (Lipinski definition) is 1. The van der Waals surface area contributed by atoms with Crippen molar-refractivity contribution >= 4 is 27.9 Å². The highest BCUT2D eigenvalue weighted by molar-refractivity contribution is 5.80. The van der Waals surface area contributed by atoms with Crippen LogP contribution in [0.15, 0.2) is 35.5 Å². The molecule has 0 bridgehead atoms. The van der Waals surface area contributed by atoms with Crippen molar-refractivity contribution in [2.45, 2.75) is 32.7 Å². The number of nitro groups is 1. The third kappa shape index (κ3) is 3.32. The zero-order valence-electron chi connectivity index (χ0n) is 16.6. The predicted octanol–water partition coefficient (Wildman–Crippen LogP) is 2.74. The van der Waals surface area contributed by atoms with Gasteiger partial charge in [-0.2, -0.15) is 4.98 Å². The molecule has 1 aliphatic rings. The maximum absolute atomic E-state index is 12.5. The number of nitrogens with zero attached hydrogens (tertiary/aromatic N) is 6. The number of aromatic nitrogens is 6. The van der Waals surface area contributed by atoms with Crippen molar-refractivity contribution < 1.29 is 9.66 Å². The van der Waals surface area contributed by atoms with Crippen LogP contribution in [0, 0.1) is 10.1 Å². The summed E-state index contributed by atoms with van der Waals surface area (Å²) in [6.07, 6.45) is 4.51. The van der Waals surface area contributed by atoms with E-state index >= 15 is 0 Å². The van der Waals surface area contributed by atoms with E-state index in [1.54, 1.807) is 15.2 Å². The second-order valence-electron chi connectivity index (χ2n) is 6.60. The lowest BCUT2D eigenvalue weighted by atomic mass is 10.1. The molecule has 1 aliphatic heterocycles. The van der Waals surface area contributed by atoms with Crippen LogP contribution in [0.25, 0.3) is 28.1 Å². The summed E-state index contributed by atoms with van der Waals surface area (Å²) in [5.41, 5.74) is 1.86. The molecular formula is C19H21N7O4. The second kappa shape index (κ2) is 8.03. The Bertz CT molecular complexity index is 1270. The van der Waals surface area contributed by atoms with Gasteiger partial charge in [0, 0.05) is 31.4 Å². The van der Waals surface area contributed by atoms with E-state index < -0.39 is 4.92 Å². The molecular weight excluding hydrogens is 390 g/mol. The molecule has 3 aromatic heterocycles. The molecule has 0 unspecified atom stereocenters. The van der Waals surface area contributed by atoms with Gasteiger partial charge in [-0.1, -0.05) is 13.8 Å². The summed E-state index contributed by atoms with van der Waals surface area (Å²) >= 11 is 0. The largest absolute Gasteiger partial charge is 0.381 e. The van der Waals surface area contributed by atoms with Gasteiger partial charge in [0.2, 0.25) is 5.95 Å². The van der Waals surface area contributed by atoms with Gasteiger partial charge in [0.05, 0.1) is 22.2 Å². The third-order valence-corrected chi connectivity index (χ3v) is 4.96. The van der Waals surface area contributed by atoms with Crippen LogP contribution in [0.5, 0.6) is 0 Å². The summed E-state index contributed by atoms with van der Waals surface area (Å²) in [6.45, 7) is 5.19. The molecule has 5 rings (SSSR count). The van der Waals surface area contributed by atoms with Gasteiger partial charge in [0.15, 0.2) is 5.65 Å². The number of nitrogens with one attached hydrogen (secondary N) is 1. The lowest BCUT2D eigenvalue weighted by Gasteiger charge is -2.22. The molecule has 0 aliphatic carbocycles. The van der Waals surface area contributed by atoms with Crippen LogP contribution in [0.4, 0.5) is 5.69 Å². The molecule has 1 aromatic carbocycles. The Morgan fingerprint density at radius 1 is 1.23 bits per heavy atom. The zero-order chi connectivity index (χ0) is 21.3. The van der Waals surface area contributed by atoms with Gasteiger partial charge in [-0.3, -0.25) is 19.2 Å². The molecule has 0 saturated carbocycles. The Morgan fingerprint density at radius 3 is 2.73 bits per heavy atom. The lowest BCUT2D eigenvalue weighted by molar-refractivity contribution is -0.384. The number of benzene rings is 1. The van der Waals surface area contributed by atoms with E-state index in [1.165, 1.54) is 24.7 Å². The standard InChI is InChI=1S/C17H15N7O4.C2H6/c25-17-20-13-8-18-16(21-15(13)23(17)10-3-5-28-6-4-10)22-9-19-12-2-1-11(24(26)27)7-14(12)22;1-2/h1-2,7-10H,3-6H2,(H,20,25);1-2H3. The van der Waals surface area contributed by atoms with Crippen molar-refractivity contribution in [3.05, 3.63) is 51.3 Å². The molecule has 30 heavy (non-hydrogen) atoms. The SMILES string of the molecule is CC.O=c1[nH]c2cnc(-n3cnc4ccc([N+](=O)[O-])cc43)nc2n1C1CCOCC1. The molecule has 1 N–H and O–H groups in total. The van der Waals surface area contributed by atoms with Crippen LogP contribution in [-0.2, 0) is 4.74 Å². The van der Waals surface area contributed by atoms with Crippen molar-refractivity contribution in [2.75, 3.05) is 13.2 Å². The van der Waals surface area contributed by atoms with Crippen LogP contribution < -0.4 is 5.69 Å². The summed E-state index contributed by atoms with van der Waals surface area (Å²) < 4.78 is 8.61. The molecule has 1 saturated heterocycles. The van der Waals surface area contributed by atoms with Gasteiger partial charge < -0.3 is 9.72 Å². The maximum Gasteiger partial charge on any atom is 0.327 e. The van der Waals surface area contributed by atoms with E-state index in [2.05, 4.69) is 19.9 Å². The summed E-state index contributed by atoms with van der Waals surface area (Å²) in [5, 5.41) is 11.1. The van der Waals surface area contributed by atoms with Gasteiger partial charge in [0.1, 0.15) is 11.8 Å². The first-order valence-corrected chi connectivity index (χ1v) is 9.79. The third-order valence-electron chi connectivity index (χ3n) is 4.96. The first-order chi connectivity index (χ1) is 14.6. The van der Waals surface area contributed by atoms with Crippen LogP contribution in [0.3, 0.4) is 0 Å². The molecule has 0 atom stereocenters. The summed E-state index contributed by atoms with van der Waals surface area (Å²) in [5.74, 6) is 0.287. The fourth-order valence-corrected chi connectivity index (χ4v) is 3.57. The van der Waals surface area contributed by atoms with E-state index in [0.717, 1.165) is 12.8 Å². The highest BCUT2D eigenvalue weighted by Crippen LogP contribution is 2.25. The molecule has 4 aromatic rings. The molecule has 11 heteroatoms. The Labute approximate surface area is 170 Å². The molecule has 4 heterocycles. The van der Waals surface area contributed by atoms with Crippen LogP contribution in [-0.4, -0.2) is 47.2 Å². The maximum atomic E-state index is 12.5. The minimum Gasteiger partial charge on any atom is -0.381 e. The van der Waals surface area contributed by atoms with Crippen molar-refractivity contribution in [1.29, 1.82) is 0 Å². The first kappa shape index (κ1) is 19.7.